The zero-order chi connectivity index (χ0) is 29.2. The van der Waals surface area contributed by atoms with Gasteiger partial charge in [0.25, 0.3) is 0 Å². The van der Waals surface area contributed by atoms with Crippen LogP contribution in [0.4, 0.5) is 0 Å². The minimum atomic E-state index is 0. The first kappa shape index (κ1) is 34.5. The van der Waals surface area contributed by atoms with Gasteiger partial charge in [0.2, 0.25) is 0 Å². The lowest BCUT2D eigenvalue weighted by Gasteiger charge is -2.51. The summed E-state index contributed by atoms with van der Waals surface area (Å²) in [6.45, 7) is 36.6. The van der Waals surface area contributed by atoms with Gasteiger partial charge in [-0.1, -0.05) is 111 Å². The van der Waals surface area contributed by atoms with Gasteiger partial charge >= 0.3 is 0 Å². The van der Waals surface area contributed by atoms with E-state index < -0.39 is 0 Å². The van der Waals surface area contributed by atoms with Gasteiger partial charge in [0.1, 0.15) is 0 Å². The van der Waals surface area contributed by atoms with E-state index in [-0.39, 0.29) is 7.43 Å². The monoisotopic (exact) mass is 557 g/mol. The predicted molar refractivity (Wildman–Crippen MR) is 179 cm³/mol. The fourth-order valence-electron chi connectivity index (χ4n) is 10.6. The first-order valence-electron chi connectivity index (χ1n) is 18.1. The van der Waals surface area contributed by atoms with Gasteiger partial charge in [0.05, 0.1) is 0 Å². The summed E-state index contributed by atoms with van der Waals surface area (Å²) >= 11 is 0. The molecule has 0 aromatic carbocycles. The van der Waals surface area contributed by atoms with Crippen molar-refractivity contribution in [2.45, 2.75) is 131 Å². The van der Waals surface area contributed by atoms with Gasteiger partial charge in [-0.25, -0.2) is 0 Å². The van der Waals surface area contributed by atoms with Crippen molar-refractivity contribution in [3.8, 4) is 0 Å². The summed E-state index contributed by atoms with van der Waals surface area (Å²) in [4.78, 5) is 0. The summed E-state index contributed by atoms with van der Waals surface area (Å²) in [6.07, 6.45) is 4.65. The van der Waals surface area contributed by atoms with Crippen LogP contribution in [0.5, 0.6) is 0 Å². The van der Waals surface area contributed by atoms with Crippen molar-refractivity contribution in [3.05, 3.63) is 0 Å². The summed E-state index contributed by atoms with van der Waals surface area (Å²) in [5.74, 6) is 21.3. The minimum Gasteiger partial charge on any atom is -0.0776 e. The topological polar surface area (TPSA) is 0 Å². The molecule has 40 heavy (non-hydrogen) atoms. The quantitative estimate of drug-likeness (QED) is 0.305. The summed E-state index contributed by atoms with van der Waals surface area (Å²) in [5.41, 5.74) is 0. The van der Waals surface area contributed by atoms with Crippen LogP contribution >= 0.6 is 0 Å². The van der Waals surface area contributed by atoms with Crippen molar-refractivity contribution < 1.29 is 0 Å². The lowest BCUT2D eigenvalue weighted by molar-refractivity contribution is -0.0211. The van der Waals surface area contributed by atoms with Crippen LogP contribution in [0.3, 0.4) is 0 Å². The standard InChI is InChI=1S/C25H44.C8H16.C6H12.CH4/c1-12-13(2)21(14(12)3)10-24-19(8)25(24)11-23-17(6)22(18(23)7)9-20-15(4)16(20)5;1-5-6(2)8(4)7(5)3;1-4-5(2)6(4)3;/h12-25H,9-11H2,1-8H3;5-8H,1-4H3;4-6H,1-3H3;1H4/t12?,13?,14?,15-,16?,17?,18?,19?,20?,21?,22?,23?,24+,25-;;;/m0.../s1. The van der Waals surface area contributed by atoms with E-state index >= 15 is 0 Å². The van der Waals surface area contributed by atoms with E-state index in [1.54, 1.807) is 19.3 Å². The fraction of sp³-hybridized carbons (Fsp3) is 1.00. The Bertz CT molecular complexity index is 718. The number of hydrogen-bond acceptors (Lipinski definition) is 0. The second-order valence-electron chi connectivity index (χ2n) is 17.6. The molecule has 7 unspecified atom stereocenters. The molecular weight excluding hydrogens is 480 g/mol. The molecule has 0 saturated heterocycles. The Morgan fingerprint density at radius 2 is 0.350 bits per heavy atom. The van der Waals surface area contributed by atoms with Gasteiger partial charge in [-0.05, 0) is 144 Å². The normalized spacial score (nSPS) is 58.7. The van der Waals surface area contributed by atoms with E-state index in [2.05, 4.69) is 104 Å². The van der Waals surface area contributed by atoms with Crippen LogP contribution in [0, 0.1) is 124 Å². The third kappa shape index (κ3) is 6.42. The van der Waals surface area contributed by atoms with Crippen LogP contribution in [-0.2, 0) is 0 Å². The third-order valence-electron chi connectivity index (χ3n) is 16.8. The first-order chi connectivity index (χ1) is 18.1. The maximum absolute atomic E-state index is 2.59. The zero-order valence-electron chi connectivity index (χ0n) is 29.2. The highest BCUT2D eigenvalue weighted by molar-refractivity contribution is 5.05. The Morgan fingerprint density at radius 3 is 0.600 bits per heavy atom. The largest absolute Gasteiger partial charge is 0.0776 e. The van der Waals surface area contributed by atoms with E-state index in [9.17, 15) is 0 Å². The van der Waals surface area contributed by atoms with Crippen LogP contribution < -0.4 is 0 Å². The lowest BCUT2D eigenvalue weighted by Crippen LogP contribution is -2.44. The number of rotatable bonds is 6. The lowest BCUT2D eigenvalue weighted by atomic mass is 9.54. The van der Waals surface area contributed by atoms with Crippen LogP contribution in [0.15, 0.2) is 0 Å². The molecule has 236 valence electrons. The Hall–Kier alpha value is 0. The van der Waals surface area contributed by atoms with E-state index in [1.807, 2.05) is 0 Å². The van der Waals surface area contributed by atoms with Crippen molar-refractivity contribution in [2.75, 3.05) is 0 Å². The average Bonchev–Trinajstić information content (AvgIpc) is 3.86. The maximum atomic E-state index is 2.59. The zero-order valence-corrected chi connectivity index (χ0v) is 29.2. The molecule has 0 bridgehead atoms. The Labute approximate surface area is 254 Å². The summed E-state index contributed by atoms with van der Waals surface area (Å²) in [6, 6.07) is 0. The van der Waals surface area contributed by atoms with E-state index in [1.165, 1.54) is 0 Å². The molecule has 0 spiro atoms. The highest BCUT2D eigenvalue weighted by Gasteiger charge is 2.56. The molecule has 6 aliphatic rings. The highest BCUT2D eigenvalue weighted by atomic mass is 14.6. The molecule has 0 radical (unpaired) electrons. The Balaban J connectivity index is 0.000000241. The molecule has 10 atom stereocenters. The van der Waals surface area contributed by atoms with Crippen molar-refractivity contribution in [2.24, 2.45) is 124 Å². The molecule has 6 aliphatic carbocycles. The molecule has 0 aromatic rings. The molecule has 0 heterocycles. The Kier molecular flexibility index (Phi) is 11.1. The van der Waals surface area contributed by atoms with E-state index in [0.29, 0.717) is 0 Å². The third-order valence-corrected chi connectivity index (χ3v) is 16.8. The van der Waals surface area contributed by atoms with Crippen molar-refractivity contribution in [1.29, 1.82) is 0 Å². The second kappa shape index (κ2) is 12.9. The Morgan fingerprint density at radius 1 is 0.200 bits per heavy atom. The molecule has 6 saturated carbocycles. The molecular formula is C40H76. The SMILES string of the molecule is C.CC1C(C)C(C)C1C.CC1C(C)C(C[C@@H]2C(C)[C@@H]2CC2C(C)C(CC3C(C)[C@@H]3C)C2C)C1C.CC1C(C)C1C. The molecule has 6 rings (SSSR count). The van der Waals surface area contributed by atoms with Crippen LogP contribution in [-0.4, -0.2) is 0 Å². The van der Waals surface area contributed by atoms with Gasteiger partial charge in [-0.15, -0.1) is 0 Å². The molecule has 6 fully saturated rings. The summed E-state index contributed by atoms with van der Waals surface area (Å²) in [5, 5.41) is 0. The van der Waals surface area contributed by atoms with E-state index in [0.717, 1.165) is 124 Å². The van der Waals surface area contributed by atoms with Gasteiger partial charge in [-0.2, -0.15) is 0 Å². The predicted octanol–water partition coefficient (Wildman–Crippen LogP) is 12.1. The molecule has 0 heteroatoms. The van der Waals surface area contributed by atoms with Gasteiger partial charge < -0.3 is 0 Å². The average molecular weight is 557 g/mol. The van der Waals surface area contributed by atoms with Crippen LogP contribution in [0.2, 0.25) is 0 Å². The minimum absolute atomic E-state index is 0. The molecule has 0 aromatic heterocycles. The number of hydrogen-bond donors (Lipinski definition) is 0. The molecule has 0 aliphatic heterocycles. The second-order valence-corrected chi connectivity index (χ2v) is 17.6. The van der Waals surface area contributed by atoms with E-state index in [4.69, 9.17) is 0 Å². The van der Waals surface area contributed by atoms with Gasteiger partial charge in [0, 0.05) is 0 Å². The highest BCUT2D eigenvalue weighted by Crippen LogP contribution is 2.63. The smallest absolute Gasteiger partial charge is 0.0352 e. The first-order valence-corrected chi connectivity index (χ1v) is 18.1. The van der Waals surface area contributed by atoms with Crippen LogP contribution in [0.25, 0.3) is 0 Å². The van der Waals surface area contributed by atoms with Gasteiger partial charge in [0.15, 0.2) is 0 Å². The summed E-state index contributed by atoms with van der Waals surface area (Å²) in [7, 11) is 0. The molecule has 0 nitrogen and oxygen atoms in total. The molecule has 0 amide bonds. The molecule has 0 N–H and O–H groups in total. The summed E-state index contributed by atoms with van der Waals surface area (Å²) < 4.78 is 0. The van der Waals surface area contributed by atoms with Gasteiger partial charge in [-0.3, -0.25) is 0 Å². The van der Waals surface area contributed by atoms with Crippen molar-refractivity contribution in [3.63, 3.8) is 0 Å². The van der Waals surface area contributed by atoms with Crippen LogP contribution in [0.1, 0.15) is 131 Å². The fourth-order valence-corrected chi connectivity index (χ4v) is 10.6. The van der Waals surface area contributed by atoms with Crippen molar-refractivity contribution >= 4 is 0 Å². The van der Waals surface area contributed by atoms with Crippen molar-refractivity contribution in [1.82, 2.24) is 0 Å². The maximum Gasteiger partial charge on any atom is -0.0352 e.